The van der Waals surface area contributed by atoms with Gasteiger partial charge < -0.3 is 5.32 Å². The Hall–Kier alpha value is -1.84. The van der Waals surface area contributed by atoms with Crippen LogP contribution in [0.4, 0.5) is 5.69 Å². The fourth-order valence-electron chi connectivity index (χ4n) is 2.13. The van der Waals surface area contributed by atoms with E-state index in [1.807, 2.05) is 31.0 Å². The molecule has 0 saturated carbocycles. The van der Waals surface area contributed by atoms with Crippen molar-refractivity contribution < 1.29 is 4.79 Å². The number of anilines is 1. The number of nitrogens with one attached hydrogen (secondary N) is 1. The Labute approximate surface area is 136 Å². The van der Waals surface area contributed by atoms with Crippen LogP contribution in [0.3, 0.4) is 0 Å². The summed E-state index contributed by atoms with van der Waals surface area (Å²) >= 11 is 5.93. The van der Waals surface area contributed by atoms with Crippen molar-refractivity contribution in [2.75, 3.05) is 12.4 Å². The van der Waals surface area contributed by atoms with Crippen LogP contribution in [0.2, 0.25) is 5.02 Å². The van der Waals surface area contributed by atoms with E-state index in [1.54, 1.807) is 12.1 Å². The van der Waals surface area contributed by atoms with Crippen molar-refractivity contribution in [1.29, 1.82) is 0 Å². The number of benzene rings is 2. The number of carbonyl (C=O) groups excluding carboxylic acids is 1. The van der Waals surface area contributed by atoms with Crippen molar-refractivity contribution in [2.24, 2.45) is 0 Å². The maximum Gasteiger partial charge on any atom is 0.241 e. The maximum atomic E-state index is 12.3. The first kappa shape index (κ1) is 16.5. The van der Waals surface area contributed by atoms with Gasteiger partial charge in [0.15, 0.2) is 0 Å². The Kier molecular flexibility index (Phi) is 5.58. The van der Waals surface area contributed by atoms with Gasteiger partial charge in [0.05, 0.1) is 6.04 Å². The Balaban J connectivity index is 1.95. The van der Waals surface area contributed by atoms with E-state index in [2.05, 4.69) is 36.5 Å². The van der Waals surface area contributed by atoms with E-state index < -0.39 is 0 Å². The monoisotopic (exact) mass is 316 g/mol. The van der Waals surface area contributed by atoms with Gasteiger partial charge in [0, 0.05) is 17.3 Å². The third-order valence-corrected chi connectivity index (χ3v) is 3.92. The fraction of sp³-hybridized carbons (Fsp3) is 0.278. The van der Waals surface area contributed by atoms with Gasteiger partial charge in [-0.2, -0.15) is 0 Å². The van der Waals surface area contributed by atoms with Crippen molar-refractivity contribution in [2.45, 2.75) is 26.4 Å². The highest BCUT2D eigenvalue weighted by molar-refractivity contribution is 6.30. The number of hydrogen-bond acceptors (Lipinski definition) is 2. The lowest BCUT2D eigenvalue weighted by Gasteiger charge is -2.24. The molecule has 2 aromatic rings. The van der Waals surface area contributed by atoms with Crippen molar-refractivity contribution in [1.82, 2.24) is 4.90 Å². The van der Waals surface area contributed by atoms with Crippen LogP contribution in [-0.4, -0.2) is 23.9 Å². The predicted octanol–water partition coefficient (Wildman–Crippen LogP) is 4.11. The van der Waals surface area contributed by atoms with E-state index in [0.29, 0.717) is 10.7 Å². The summed E-state index contributed by atoms with van der Waals surface area (Å²) in [5, 5.41) is 3.50. The van der Waals surface area contributed by atoms with E-state index in [9.17, 15) is 4.79 Å². The van der Waals surface area contributed by atoms with E-state index in [1.165, 1.54) is 11.1 Å². The second-order valence-electron chi connectivity index (χ2n) is 5.58. The topological polar surface area (TPSA) is 32.3 Å². The smallest absolute Gasteiger partial charge is 0.241 e. The molecule has 1 atom stereocenters. The van der Waals surface area contributed by atoms with Crippen molar-refractivity contribution in [3.8, 4) is 0 Å². The molecule has 0 saturated heterocycles. The summed E-state index contributed by atoms with van der Waals surface area (Å²) in [5.74, 6) is -0.0446. The van der Waals surface area contributed by atoms with Crippen LogP contribution in [0.1, 0.15) is 18.1 Å². The van der Waals surface area contributed by atoms with Crippen molar-refractivity contribution in [3.05, 3.63) is 64.7 Å². The summed E-state index contributed by atoms with van der Waals surface area (Å²) < 4.78 is 0. The van der Waals surface area contributed by atoms with Crippen LogP contribution in [0.15, 0.2) is 48.5 Å². The summed E-state index contributed by atoms with van der Waals surface area (Å²) in [7, 11) is 1.95. The van der Waals surface area contributed by atoms with Gasteiger partial charge in [0.25, 0.3) is 0 Å². The maximum absolute atomic E-state index is 12.3. The number of rotatable bonds is 5. The summed E-state index contributed by atoms with van der Waals surface area (Å²) in [6.07, 6.45) is 0. The average Bonchev–Trinajstić information content (AvgIpc) is 2.48. The molecular formula is C18H21ClN2O. The fourth-order valence-corrected chi connectivity index (χ4v) is 2.32. The highest BCUT2D eigenvalue weighted by Gasteiger charge is 2.18. The first-order chi connectivity index (χ1) is 10.5. The summed E-state index contributed by atoms with van der Waals surface area (Å²) in [6.45, 7) is 4.69. The SMILES string of the molecule is Cc1ccc(CN(C)[C@@H](C)C(=O)Nc2cccc(Cl)c2)cc1. The number of amides is 1. The quantitative estimate of drug-likeness (QED) is 0.900. The Morgan fingerprint density at radius 3 is 2.55 bits per heavy atom. The summed E-state index contributed by atoms with van der Waals surface area (Å²) in [5.41, 5.74) is 3.14. The molecule has 0 heterocycles. The predicted molar refractivity (Wildman–Crippen MR) is 92.2 cm³/mol. The number of aryl methyl sites for hydroxylation is 1. The molecule has 116 valence electrons. The first-order valence-electron chi connectivity index (χ1n) is 7.28. The first-order valence-corrected chi connectivity index (χ1v) is 7.66. The van der Waals surface area contributed by atoms with E-state index in [-0.39, 0.29) is 11.9 Å². The van der Waals surface area contributed by atoms with Crippen LogP contribution in [-0.2, 0) is 11.3 Å². The molecule has 0 spiro atoms. The largest absolute Gasteiger partial charge is 0.325 e. The minimum Gasteiger partial charge on any atom is -0.325 e. The third-order valence-electron chi connectivity index (χ3n) is 3.69. The molecule has 2 aromatic carbocycles. The van der Waals surface area contributed by atoms with Crippen molar-refractivity contribution in [3.63, 3.8) is 0 Å². The molecule has 0 fully saturated rings. The lowest BCUT2D eigenvalue weighted by atomic mass is 10.1. The molecule has 0 aliphatic rings. The molecule has 0 aliphatic carbocycles. The minimum absolute atomic E-state index is 0.0446. The molecule has 0 bridgehead atoms. The lowest BCUT2D eigenvalue weighted by molar-refractivity contribution is -0.120. The lowest BCUT2D eigenvalue weighted by Crippen LogP contribution is -2.39. The number of hydrogen-bond donors (Lipinski definition) is 1. The highest BCUT2D eigenvalue weighted by Crippen LogP contribution is 2.16. The number of halogens is 1. The molecule has 22 heavy (non-hydrogen) atoms. The van der Waals surface area contributed by atoms with Gasteiger partial charge in [-0.3, -0.25) is 9.69 Å². The number of carbonyl (C=O) groups is 1. The van der Waals surface area contributed by atoms with Gasteiger partial charge in [-0.05, 0) is 44.7 Å². The second-order valence-corrected chi connectivity index (χ2v) is 6.01. The summed E-state index contributed by atoms with van der Waals surface area (Å²) in [4.78, 5) is 14.3. The molecule has 0 radical (unpaired) electrons. The average molecular weight is 317 g/mol. The van der Waals surface area contributed by atoms with Gasteiger partial charge in [0.2, 0.25) is 5.91 Å². The molecule has 0 unspecified atom stereocenters. The normalized spacial score (nSPS) is 12.2. The van der Waals surface area contributed by atoms with Gasteiger partial charge >= 0.3 is 0 Å². The van der Waals surface area contributed by atoms with Gasteiger partial charge in [-0.1, -0.05) is 47.5 Å². The van der Waals surface area contributed by atoms with Gasteiger partial charge in [-0.15, -0.1) is 0 Å². The van der Waals surface area contributed by atoms with Crippen LogP contribution in [0.25, 0.3) is 0 Å². The van der Waals surface area contributed by atoms with E-state index in [0.717, 1.165) is 6.54 Å². The molecule has 0 aromatic heterocycles. The zero-order valence-corrected chi connectivity index (χ0v) is 13.9. The van der Waals surface area contributed by atoms with Crippen LogP contribution in [0, 0.1) is 6.92 Å². The molecule has 2 rings (SSSR count). The molecule has 1 N–H and O–H groups in total. The Bertz CT molecular complexity index is 640. The number of nitrogens with zero attached hydrogens (tertiary/aromatic N) is 1. The summed E-state index contributed by atoms with van der Waals surface area (Å²) in [6, 6.07) is 15.3. The number of likely N-dealkylation sites (N-methyl/N-ethyl adjacent to an activating group) is 1. The third kappa shape index (κ3) is 4.58. The molecule has 3 nitrogen and oxygen atoms in total. The molecule has 1 amide bonds. The van der Waals surface area contributed by atoms with E-state index >= 15 is 0 Å². The second kappa shape index (κ2) is 7.43. The van der Waals surface area contributed by atoms with Crippen LogP contribution in [0.5, 0.6) is 0 Å². The standard InChI is InChI=1S/C18H21ClN2O/c1-13-7-9-15(10-8-13)12-21(3)14(2)18(22)20-17-6-4-5-16(19)11-17/h4-11,14H,12H2,1-3H3,(H,20,22)/t14-/m0/s1. The van der Waals surface area contributed by atoms with E-state index in [4.69, 9.17) is 11.6 Å². The zero-order chi connectivity index (χ0) is 16.1. The van der Waals surface area contributed by atoms with Gasteiger partial charge in [-0.25, -0.2) is 0 Å². The molecular weight excluding hydrogens is 296 g/mol. The minimum atomic E-state index is -0.236. The Morgan fingerprint density at radius 1 is 1.23 bits per heavy atom. The van der Waals surface area contributed by atoms with Crippen molar-refractivity contribution >= 4 is 23.2 Å². The zero-order valence-electron chi connectivity index (χ0n) is 13.1. The molecule has 4 heteroatoms. The Morgan fingerprint density at radius 2 is 1.91 bits per heavy atom. The van der Waals surface area contributed by atoms with Crippen LogP contribution >= 0.6 is 11.6 Å². The van der Waals surface area contributed by atoms with Crippen LogP contribution < -0.4 is 5.32 Å². The van der Waals surface area contributed by atoms with Gasteiger partial charge in [0.1, 0.15) is 0 Å². The molecule has 0 aliphatic heterocycles. The highest BCUT2D eigenvalue weighted by atomic mass is 35.5.